The van der Waals surface area contributed by atoms with Crippen LogP contribution in [0, 0.1) is 12.7 Å². The molecule has 0 radical (unpaired) electrons. The molecule has 0 aromatic heterocycles. The maximum absolute atomic E-state index is 13.0. The Morgan fingerprint density at radius 3 is 2.36 bits per heavy atom. The highest BCUT2D eigenvalue weighted by Gasteiger charge is 2.06. The summed E-state index contributed by atoms with van der Waals surface area (Å²) >= 11 is 0. The summed E-state index contributed by atoms with van der Waals surface area (Å²) in [5.74, 6) is -0.389. The molecule has 2 aromatic carbocycles. The summed E-state index contributed by atoms with van der Waals surface area (Å²) in [7, 11) is 0. The fraction of sp³-hybridized carbons (Fsp3) is 0.222. The zero-order valence-corrected chi connectivity index (χ0v) is 12.7. The average molecular weight is 299 g/mol. The van der Waals surface area contributed by atoms with Gasteiger partial charge in [0.1, 0.15) is 5.82 Å². The van der Waals surface area contributed by atoms with Crippen LogP contribution in [0.25, 0.3) is 0 Å². The van der Waals surface area contributed by atoms with Gasteiger partial charge in [-0.1, -0.05) is 6.07 Å². The van der Waals surface area contributed by atoms with Crippen molar-refractivity contribution in [2.24, 2.45) is 0 Å². The average Bonchev–Trinajstić information content (AvgIpc) is 2.47. The Labute approximate surface area is 129 Å². The van der Waals surface area contributed by atoms with Crippen LogP contribution in [-0.2, 0) is 11.2 Å². The number of hydrogen-bond donors (Lipinski definition) is 1. The summed E-state index contributed by atoms with van der Waals surface area (Å²) in [5, 5.41) is 2.78. The molecule has 114 valence electrons. The predicted octanol–water partition coefficient (Wildman–Crippen LogP) is 3.91. The topological polar surface area (TPSA) is 46.2 Å². The summed E-state index contributed by atoms with van der Waals surface area (Å²) < 4.78 is 13.0. The SMILES string of the molecule is CC(=O)c1ccc(NC(=O)CCc2ccc(F)cc2C)cc1. The highest BCUT2D eigenvalue weighted by atomic mass is 19.1. The van der Waals surface area contributed by atoms with Gasteiger partial charge in [0, 0.05) is 17.7 Å². The molecule has 0 heterocycles. The lowest BCUT2D eigenvalue weighted by atomic mass is 10.0. The van der Waals surface area contributed by atoms with Gasteiger partial charge in [0.2, 0.25) is 5.91 Å². The van der Waals surface area contributed by atoms with Crippen molar-refractivity contribution in [1.82, 2.24) is 0 Å². The number of carbonyl (C=O) groups excluding carboxylic acids is 2. The summed E-state index contributed by atoms with van der Waals surface area (Å²) in [5.41, 5.74) is 3.08. The fourth-order valence-electron chi connectivity index (χ4n) is 2.20. The number of aryl methyl sites for hydroxylation is 2. The maximum atomic E-state index is 13.0. The first kappa shape index (κ1) is 15.9. The molecule has 0 fully saturated rings. The third-order valence-corrected chi connectivity index (χ3v) is 3.50. The van der Waals surface area contributed by atoms with Gasteiger partial charge in [-0.15, -0.1) is 0 Å². The van der Waals surface area contributed by atoms with Crippen molar-refractivity contribution < 1.29 is 14.0 Å². The molecule has 0 spiro atoms. The third-order valence-electron chi connectivity index (χ3n) is 3.50. The van der Waals surface area contributed by atoms with E-state index in [-0.39, 0.29) is 17.5 Å². The number of hydrogen-bond acceptors (Lipinski definition) is 2. The van der Waals surface area contributed by atoms with Gasteiger partial charge in [-0.05, 0) is 67.8 Å². The predicted molar refractivity (Wildman–Crippen MR) is 84.5 cm³/mol. The quantitative estimate of drug-likeness (QED) is 0.851. The van der Waals surface area contributed by atoms with E-state index in [1.54, 1.807) is 30.3 Å². The molecule has 0 aliphatic heterocycles. The zero-order chi connectivity index (χ0) is 16.1. The molecule has 4 heteroatoms. The molecule has 2 rings (SSSR count). The first-order valence-electron chi connectivity index (χ1n) is 7.11. The van der Waals surface area contributed by atoms with Crippen molar-refractivity contribution in [3.63, 3.8) is 0 Å². The van der Waals surface area contributed by atoms with E-state index in [0.29, 0.717) is 24.1 Å². The Morgan fingerprint density at radius 1 is 1.09 bits per heavy atom. The van der Waals surface area contributed by atoms with Crippen LogP contribution in [0.1, 0.15) is 34.8 Å². The molecule has 0 bridgehead atoms. The summed E-state index contributed by atoms with van der Waals surface area (Å²) in [6.45, 7) is 3.33. The lowest BCUT2D eigenvalue weighted by Crippen LogP contribution is -2.12. The number of Topliss-reactive ketones (excluding diaryl/α,β-unsaturated/α-hetero) is 1. The van der Waals surface area contributed by atoms with Crippen molar-refractivity contribution >= 4 is 17.4 Å². The summed E-state index contributed by atoms with van der Waals surface area (Å²) in [6.07, 6.45) is 0.879. The number of amides is 1. The first-order valence-corrected chi connectivity index (χ1v) is 7.11. The van der Waals surface area contributed by atoms with Gasteiger partial charge in [-0.2, -0.15) is 0 Å². The lowest BCUT2D eigenvalue weighted by molar-refractivity contribution is -0.116. The van der Waals surface area contributed by atoms with E-state index >= 15 is 0 Å². The van der Waals surface area contributed by atoms with Crippen LogP contribution >= 0.6 is 0 Å². The normalized spacial score (nSPS) is 10.3. The number of benzene rings is 2. The molecular weight excluding hydrogens is 281 g/mol. The maximum Gasteiger partial charge on any atom is 0.224 e. The summed E-state index contributed by atoms with van der Waals surface area (Å²) in [6, 6.07) is 11.4. The molecule has 3 nitrogen and oxygen atoms in total. The minimum absolute atomic E-state index is 0.00957. The molecule has 0 aliphatic rings. The van der Waals surface area contributed by atoms with Crippen molar-refractivity contribution in [2.45, 2.75) is 26.7 Å². The molecule has 0 saturated carbocycles. The molecule has 0 aliphatic carbocycles. The molecule has 22 heavy (non-hydrogen) atoms. The van der Waals surface area contributed by atoms with Gasteiger partial charge in [-0.3, -0.25) is 9.59 Å². The second kappa shape index (κ2) is 6.98. The minimum Gasteiger partial charge on any atom is -0.326 e. The highest BCUT2D eigenvalue weighted by molar-refractivity contribution is 5.95. The van der Waals surface area contributed by atoms with Crippen molar-refractivity contribution in [3.05, 3.63) is 65.0 Å². The van der Waals surface area contributed by atoms with Gasteiger partial charge < -0.3 is 5.32 Å². The monoisotopic (exact) mass is 299 g/mol. The van der Waals surface area contributed by atoms with Crippen molar-refractivity contribution in [2.75, 3.05) is 5.32 Å². The third kappa shape index (κ3) is 4.25. The van der Waals surface area contributed by atoms with E-state index in [1.165, 1.54) is 19.1 Å². The fourth-order valence-corrected chi connectivity index (χ4v) is 2.20. The van der Waals surface area contributed by atoms with Gasteiger partial charge >= 0.3 is 0 Å². The second-order valence-electron chi connectivity index (χ2n) is 5.25. The van der Waals surface area contributed by atoms with E-state index in [2.05, 4.69) is 5.32 Å². The Balaban J connectivity index is 1.91. The van der Waals surface area contributed by atoms with Crippen LogP contribution in [0.5, 0.6) is 0 Å². The smallest absolute Gasteiger partial charge is 0.224 e. The molecule has 2 aromatic rings. The number of nitrogens with one attached hydrogen (secondary N) is 1. The summed E-state index contributed by atoms with van der Waals surface area (Å²) in [4.78, 5) is 23.1. The van der Waals surface area contributed by atoms with E-state index in [1.807, 2.05) is 6.92 Å². The Kier molecular flexibility index (Phi) is 5.04. The standard InChI is InChI=1S/C18H18FNO2/c1-12-11-16(19)7-3-14(12)6-10-18(22)20-17-8-4-15(5-9-17)13(2)21/h3-5,7-9,11H,6,10H2,1-2H3,(H,20,22). The first-order chi connectivity index (χ1) is 10.5. The molecular formula is C18H18FNO2. The van der Waals surface area contributed by atoms with Crippen LogP contribution in [-0.4, -0.2) is 11.7 Å². The number of rotatable bonds is 5. The van der Waals surface area contributed by atoms with Crippen LogP contribution in [0.2, 0.25) is 0 Å². The molecule has 0 saturated heterocycles. The Morgan fingerprint density at radius 2 is 1.77 bits per heavy atom. The Bertz CT molecular complexity index is 693. The molecule has 1 N–H and O–H groups in total. The number of ketones is 1. The largest absolute Gasteiger partial charge is 0.326 e. The van der Waals surface area contributed by atoms with E-state index < -0.39 is 0 Å². The second-order valence-corrected chi connectivity index (χ2v) is 5.25. The van der Waals surface area contributed by atoms with Gasteiger partial charge in [0.25, 0.3) is 0 Å². The van der Waals surface area contributed by atoms with Crippen molar-refractivity contribution in [3.8, 4) is 0 Å². The van der Waals surface area contributed by atoms with Gasteiger partial charge in [-0.25, -0.2) is 4.39 Å². The van der Waals surface area contributed by atoms with Crippen molar-refractivity contribution in [1.29, 1.82) is 0 Å². The van der Waals surface area contributed by atoms with E-state index in [4.69, 9.17) is 0 Å². The van der Waals surface area contributed by atoms with Gasteiger partial charge in [0.05, 0.1) is 0 Å². The van der Waals surface area contributed by atoms with Crippen LogP contribution < -0.4 is 5.32 Å². The van der Waals surface area contributed by atoms with Crippen LogP contribution in [0.4, 0.5) is 10.1 Å². The van der Waals surface area contributed by atoms with E-state index in [0.717, 1.165) is 11.1 Å². The highest BCUT2D eigenvalue weighted by Crippen LogP contribution is 2.14. The molecule has 0 unspecified atom stereocenters. The van der Waals surface area contributed by atoms with Crippen LogP contribution in [0.3, 0.4) is 0 Å². The Hall–Kier alpha value is -2.49. The van der Waals surface area contributed by atoms with Crippen LogP contribution in [0.15, 0.2) is 42.5 Å². The number of carbonyl (C=O) groups is 2. The number of halogens is 1. The zero-order valence-electron chi connectivity index (χ0n) is 12.7. The molecule has 0 atom stereocenters. The lowest BCUT2D eigenvalue weighted by Gasteiger charge is -2.08. The number of anilines is 1. The van der Waals surface area contributed by atoms with E-state index in [9.17, 15) is 14.0 Å². The van der Waals surface area contributed by atoms with Gasteiger partial charge in [0.15, 0.2) is 5.78 Å². The molecule has 1 amide bonds. The minimum atomic E-state index is -0.267.